The number of nitrogens with zero attached hydrogens (tertiary/aromatic N) is 4. The third-order valence-corrected chi connectivity index (χ3v) is 3.82. The van der Waals surface area contributed by atoms with Gasteiger partial charge in [0.25, 0.3) is 5.78 Å². The van der Waals surface area contributed by atoms with Crippen LogP contribution in [0, 0.1) is 0 Å². The van der Waals surface area contributed by atoms with Crippen molar-refractivity contribution < 1.29 is 0 Å². The van der Waals surface area contributed by atoms with E-state index in [1.165, 1.54) is 16.4 Å². The fourth-order valence-corrected chi connectivity index (χ4v) is 2.70. The summed E-state index contributed by atoms with van der Waals surface area (Å²) in [6.07, 6.45) is 1.40. The van der Waals surface area contributed by atoms with Gasteiger partial charge in [0.05, 0.1) is 5.56 Å². The number of hydrogen-bond donors (Lipinski definition) is 0. The average Bonchev–Trinajstić information content (AvgIpc) is 2.87. The Morgan fingerprint density at radius 1 is 1.10 bits per heavy atom. The molecule has 0 saturated carbocycles. The van der Waals surface area contributed by atoms with Crippen molar-refractivity contribution >= 4 is 29.0 Å². The number of halogens is 2. The molecule has 3 rings (SSSR count). The van der Waals surface area contributed by atoms with Gasteiger partial charge in [-0.2, -0.15) is 19.6 Å². The molecule has 2 heterocycles. The van der Waals surface area contributed by atoms with Crippen LogP contribution in [0.2, 0.25) is 10.3 Å². The lowest BCUT2D eigenvalue weighted by Crippen LogP contribution is -1.97. The molecule has 0 aliphatic heterocycles. The Kier molecular flexibility index (Phi) is 3.36. The van der Waals surface area contributed by atoms with Crippen LogP contribution < -0.4 is 0 Å². The quantitative estimate of drug-likeness (QED) is 0.666. The molecule has 0 N–H and O–H groups in total. The van der Waals surface area contributed by atoms with Crippen molar-refractivity contribution in [2.75, 3.05) is 0 Å². The van der Waals surface area contributed by atoms with E-state index < -0.39 is 0 Å². The summed E-state index contributed by atoms with van der Waals surface area (Å²) < 4.78 is 1.47. The van der Waals surface area contributed by atoms with Gasteiger partial charge in [0.15, 0.2) is 0 Å². The Hall–Kier alpha value is -1.65. The Balaban J connectivity index is 2.18. The fraction of sp³-hybridized carbons (Fsp3) is 0.214. The second-order valence-corrected chi connectivity index (χ2v) is 5.53. The second kappa shape index (κ2) is 5.04. The van der Waals surface area contributed by atoms with Gasteiger partial charge in [-0.05, 0) is 17.0 Å². The molecule has 0 saturated heterocycles. The fourth-order valence-electron chi connectivity index (χ4n) is 2.06. The van der Waals surface area contributed by atoms with E-state index in [2.05, 4.69) is 41.0 Å². The summed E-state index contributed by atoms with van der Waals surface area (Å²) in [5, 5.41) is 4.78. The predicted molar refractivity (Wildman–Crippen MR) is 80.3 cm³/mol. The van der Waals surface area contributed by atoms with Crippen molar-refractivity contribution in [3.05, 3.63) is 46.5 Å². The van der Waals surface area contributed by atoms with Crippen LogP contribution in [-0.2, 0) is 0 Å². The van der Waals surface area contributed by atoms with Crippen molar-refractivity contribution in [3.63, 3.8) is 0 Å². The molecule has 0 radical (unpaired) electrons. The molecule has 1 aromatic carbocycles. The molecule has 0 atom stereocenters. The van der Waals surface area contributed by atoms with Crippen molar-refractivity contribution in [3.8, 4) is 11.1 Å². The highest BCUT2D eigenvalue weighted by Crippen LogP contribution is 2.34. The molecule has 0 amide bonds. The molecule has 102 valence electrons. The Labute approximate surface area is 126 Å². The summed E-state index contributed by atoms with van der Waals surface area (Å²) in [4.78, 5) is 8.19. The van der Waals surface area contributed by atoms with Crippen LogP contribution in [0.5, 0.6) is 0 Å². The van der Waals surface area contributed by atoms with Crippen LogP contribution in [-0.4, -0.2) is 19.6 Å². The van der Waals surface area contributed by atoms with Crippen LogP contribution in [0.15, 0.2) is 30.6 Å². The van der Waals surface area contributed by atoms with Crippen molar-refractivity contribution in [2.24, 2.45) is 0 Å². The van der Waals surface area contributed by atoms with E-state index in [1.54, 1.807) is 0 Å². The highest BCUT2D eigenvalue weighted by atomic mass is 35.5. The van der Waals surface area contributed by atoms with Crippen molar-refractivity contribution in [2.45, 2.75) is 19.8 Å². The van der Waals surface area contributed by atoms with Gasteiger partial charge in [-0.15, -0.1) is 0 Å². The predicted octanol–water partition coefficient (Wildman–Crippen LogP) is 4.22. The first kappa shape index (κ1) is 13.3. The maximum Gasteiger partial charge on any atom is 0.255 e. The molecule has 6 heteroatoms. The number of rotatable bonds is 2. The monoisotopic (exact) mass is 306 g/mol. The van der Waals surface area contributed by atoms with E-state index >= 15 is 0 Å². The molecule has 2 aromatic heterocycles. The van der Waals surface area contributed by atoms with Crippen LogP contribution in [0.25, 0.3) is 16.9 Å². The highest BCUT2D eigenvalue weighted by Gasteiger charge is 2.15. The lowest BCUT2D eigenvalue weighted by atomic mass is 10.00. The molecule has 0 fully saturated rings. The number of fused-ring (bicyclic) bond motifs is 1. The standard InChI is InChI=1S/C14H12Cl2N4/c1-8(2)9-3-5-10(6-4-9)11-12(15)19-14-17-7-18-20(14)13(11)16/h3-8H,1-2H3. The minimum Gasteiger partial charge on any atom is -0.198 e. The normalized spacial score (nSPS) is 11.4. The number of hydrogen-bond acceptors (Lipinski definition) is 3. The van der Waals surface area contributed by atoms with Gasteiger partial charge in [0.1, 0.15) is 16.6 Å². The first-order valence-corrected chi connectivity index (χ1v) is 6.98. The van der Waals surface area contributed by atoms with Crippen LogP contribution in [0.1, 0.15) is 25.3 Å². The molecule has 0 bridgehead atoms. The largest absolute Gasteiger partial charge is 0.255 e. The topological polar surface area (TPSA) is 43.1 Å². The number of aromatic nitrogens is 4. The molecule has 0 unspecified atom stereocenters. The first-order chi connectivity index (χ1) is 9.58. The van der Waals surface area contributed by atoms with Gasteiger partial charge < -0.3 is 0 Å². The van der Waals surface area contributed by atoms with E-state index in [-0.39, 0.29) is 0 Å². The third-order valence-electron chi connectivity index (χ3n) is 3.19. The maximum absolute atomic E-state index is 6.36. The zero-order valence-electron chi connectivity index (χ0n) is 11.0. The summed E-state index contributed by atoms with van der Waals surface area (Å²) in [7, 11) is 0. The molecular weight excluding hydrogens is 295 g/mol. The van der Waals surface area contributed by atoms with E-state index in [4.69, 9.17) is 23.2 Å². The highest BCUT2D eigenvalue weighted by molar-refractivity contribution is 6.38. The smallest absolute Gasteiger partial charge is 0.198 e. The van der Waals surface area contributed by atoms with Gasteiger partial charge in [0, 0.05) is 0 Å². The van der Waals surface area contributed by atoms with E-state index in [1.807, 2.05) is 12.1 Å². The summed E-state index contributed by atoms with van der Waals surface area (Å²) in [5.74, 6) is 0.869. The molecule has 0 aliphatic carbocycles. The van der Waals surface area contributed by atoms with Gasteiger partial charge in [-0.25, -0.2) is 0 Å². The van der Waals surface area contributed by atoms with E-state index in [0.717, 1.165) is 5.56 Å². The molecule has 4 nitrogen and oxygen atoms in total. The van der Waals surface area contributed by atoms with Crippen molar-refractivity contribution in [1.82, 2.24) is 19.6 Å². The minimum absolute atomic E-state index is 0.327. The maximum atomic E-state index is 6.36. The van der Waals surface area contributed by atoms with E-state index in [9.17, 15) is 0 Å². The summed E-state index contributed by atoms with van der Waals surface area (Å²) in [6.45, 7) is 4.30. The lowest BCUT2D eigenvalue weighted by molar-refractivity contribution is 0.867. The molecular formula is C14H12Cl2N4. The lowest BCUT2D eigenvalue weighted by Gasteiger charge is -2.10. The van der Waals surface area contributed by atoms with Gasteiger partial charge >= 0.3 is 0 Å². The number of benzene rings is 1. The minimum atomic E-state index is 0.327. The first-order valence-electron chi connectivity index (χ1n) is 6.23. The average molecular weight is 307 g/mol. The van der Waals surface area contributed by atoms with Gasteiger partial charge in [-0.3, -0.25) is 0 Å². The van der Waals surface area contributed by atoms with E-state index in [0.29, 0.717) is 27.6 Å². The van der Waals surface area contributed by atoms with Crippen LogP contribution in [0.3, 0.4) is 0 Å². The summed E-state index contributed by atoms with van der Waals surface area (Å²) in [5.41, 5.74) is 2.84. The van der Waals surface area contributed by atoms with Crippen LogP contribution >= 0.6 is 23.2 Å². The van der Waals surface area contributed by atoms with Gasteiger partial charge in [0.2, 0.25) is 0 Å². The zero-order chi connectivity index (χ0) is 14.3. The molecule has 0 aliphatic rings. The third kappa shape index (κ3) is 2.15. The Morgan fingerprint density at radius 3 is 2.45 bits per heavy atom. The Bertz CT molecular complexity index is 763. The van der Waals surface area contributed by atoms with Crippen LogP contribution in [0.4, 0.5) is 0 Å². The zero-order valence-corrected chi connectivity index (χ0v) is 12.5. The summed E-state index contributed by atoms with van der Waals surface area (Å²) in [6, 6.07) is 8.12. The molecule has 0 spiro atoms. The second-order valence-electron chi connectivity index (χ2n) is 4.82. The van der Waals surface area contributed by atoms with Gasteiger partial charge in [-0.1, -0.05) is 61.3 Å². The SMILES string of the molecule is CC(C)c1ccc(-c2c(Cl)nc3ncnn3c2Cl)cc1. The molecule has 3 aromatic rings. The summed E-state index contributed by atoms with van der Waals surface area (Å²) >= 11 is 12.6. The molecule has 20 heavy (non-hydrogen) atoms. The Morgan fingerprint density at radius 2 is 1.80 bits per heavy atom. The van der Waals surface area contributed by atoms with Crippen molar-refractivity contribution in [1.29, 1.82) is 0 Å².